The zero-order valence-corrected chi connectivity index (χ0v) is 13.0. The number of rotatable bonds is 3. The molecule has 1 heterocycles. The third-order valence-corrected chi connectivity index (χ3v) is 4.91. The second kappa shape index (κ2) is 6.26. The van der Waals surface area contributed by atoms with E-state index in [2.05, 4.69) is 10.6 Å². The number of aliphatic hydroxyl groups is 1. The molecule has 3 rings (SSSR count). The van der Waals surface area contributed by atoms with Crippen molar-refractivity contribution in [2.75, 3.05) is 11.9 Å². The Morgan fingerprint density at radius 3 is 3.00 bits per heavy atom. The molecule has 2 atom stereocenters. The van der Waals surface area contributed by atoms with Gasteiger partial charge in [-0.3, -0.25) is 0 Å². The van der Waals surface area contributed by atoms with E-state index in [0.29, 0.717) is 19.8 Å². The van der Waals surface area contributed by atoms with Gasteiger partial charge in [-0.15, -0.1) is 0 Å². The summed E-state index contributed by atoms with van der Waals surface area (Å²) in [6.45, 7) is 3.80. The molecule has 0 saturated heterocycles. The third-order valence-electron chi connectivity index (χ3n) is 4.91. The van der Waals surface area contributed by atoms with Crippen LogP contribution in [0.25, 0.3) is 0 Å². The van der Waals surface area contributed by atoms with Gasteiger partial charge in [-0.1, -0.05) is 25.8 Å². The zero-order valence-electron chi connectivity index (χ0n) is 13.0. The van der Waals surface area contributed by atoms with Crippen molar-refractivity contribution in [2.24, 2.45) is 5.41 Å². The average Bonchev–Trinajstić information content (AvgIpc) is 2.96. The van der Waals surface area contributed by atoms with Gasteiger partial charge in [0.1, 0.15) is 0 Å². The van der Waals surface area contributed by atoms with Gasteiger partial charge in [0.2, 0.25) is 0 Å². The average molecular weight is 304 g/mol. The number of carbonyl (C=O) groups excluding carboxylic acids is 1. The molecular formula is C17H24N2O3. The first-order valence-corrected chi connectivity index (χ1v) is 7.99. The summed E-state index contributed by atoms with van der Waals surface area (Å²) in [6.07, 6.45) is 3.62. The van der Waals surface area contributed by atoms with Crippen LogP contribution in [0.2, 0.25) is 0 Å². The molecule has 120 valence electrons. The van der Waals surface area contributed by atoms with E-state index in [-0.39, 0.29) is 17.6 Å². The lowest BCUT2D eigenvalue weighted by Crippen LogP contribution is -2.46. The van der Waals surface area contributed by atoms with Gasteiger partial charge >= 0.3 is 6.03 Å². The van der Waals surface area contributed by atoms with Gasteiger partial charge in [0.15, 0.2) is 0 Å². The number of hydrogen-bond donors (Lipinski definition) is 3. The summed E-state index contributed by atoms with van der Waals surface area (Å²) in [5.74, 6) is 0. The van der Waals surface area contributed by atoms with Crippen LogP contribution in [-0.2, 0) is 18.0 Å². The van der Waals surface area contributed by atoms with E-state index < -0.39 is 0 Å². The molecule has 0 spiro atoms. The minimum Gasteiger partial charge on any atom is -0.392 e. The molecule has 2 aliphatic rings. The van der Waals surface area contributed by atoms with Crippen LogP contribution in [0.15, 0.2) is 18.2 Å². The molecule has 1 aliphatic heterocycles. The maximum Gasteiger partial charge on any atom is 0.319 e. The highest BCUT2D eigenvalue weighted by Gasteiger charge is 2.35. The van der Waals surface area contributed by atoms with Crippen molar-refractivity contribution in [1.82, 2.24) is 5.32 Å². The van der Waals surface area contributed by atoms with E-state index in [1.165, 1.54) is 5.56 Å². The number of urea groups is 1. The van der Waals surface area contributed by atoms with Crippen LogP contribution in [0.5, 0.6) is 0 Å². The van der Waals surface area contributed by atoms with Crippen molar-refractivity contribution in [3.63, 3.8) is 0 Å². The smallest absolute Gasteiger partial charge is 0.319 e. The van der Waals surface area contributed by atoms with Gasteiger partial charge in [0.25, 0.3) is 0 Å². The van der Waals surface area contributed by atoms with Crippen molar-refractivity contribution < 1.29 is 14.6 Å². The number of anilines is 1. The molecule has 2 unspecified atom stereocenters. The minimum atomic E-state index is -0.335. The van der Waals surface area contributed by atoms with Crippen LogP contribution < -0.4 is 10.6 Å². The fourth-order valence-corrected chi connectivity index (χ4v) is 3.30. The Bertz CT molecular complexity index is 561. The molecule has 2 amide bonds. The zero-order chi connectivity index (χ0) is 15.6. The van der Waals surface area contributed by atoms with E-state index in [4.69, 9.17) is 4.74 Å². The maximum absolute atomic E-state index is 12.1. The molecule has 0 radical (unpaired) electrons. The quantitative estimate of drug-likeness (QED) is 0.804. The highest BCUT2D eigenvalue weighted by atomic mass is 16.5. The van der Waals surface area contributed by atoms with Gasteiger partial charge in [0, 0.05) is 17.6 Å². The van der Waals surface area contributed by atoms with Crippen molar-refractivity contribution >= 4 is 11.7 Å². The lowest BCUT2D eigenvalue weighted by molar-refractivity contribution is 0.00333. The Balaban J connectivity index is 1.54. The van der Waals surface area contributed by atoms with Crippen molar-refractivity contribution in [3.8, 4) is 0 Å². The lowest BCUT2D eigenvalue weighted by Gasteiger charge is -2.38. The number of ether oxygens (including phenoxy) is 1. The molecule has 1 saturated carbocycles. The number of amides is 2. The second-order valence-electron chi connectivity index (χ2n) is 6.70. The Labute approximate surface area is 131 Å². The molecular weight excluding hydrogens is 280 g/mol. The first kappa shape index (κ1) is 15.3. The number of benzene rings is 1. The summed E-state index contributed by atoms with van der Waals surface area (Å²) in [4.78, 5) is 12.1. The number of fused-ring (bicyclic) bond motifs is 1. The SMILES string of the molecule is CC1(CNC(=O)Nc2ccc3c(c2)COC3)CCCCC1O. The first-order chi connectivity index (χ1) is 10.6. The molecule has 22 heavy (non-hydrogen) atoms. The first-order valence-electron chi connectivity index (χ1n) is 7.99. The van der Waals surface area contributed by atoms with Crippen molar-refractivity contribution in [3.05, 3.63) is 29.3 Å². The normalized spacial score (nSPS) is 27.3. The van der Waals surface area contributed by atoms with Gasteiger partial charge in [0.05, 0.1) is 19.3 Å². The molecule has 0 aromatic heterocycles. The van der Waals surface area contributed by atoms with E-state index in [1.807, 2.05) is 25.1 Å². The van der Waals surface area contributed by atoms with Gasteiger partial charge in [-0.2, -0.15) is 0 Å². The second-order valence-corrected chi connectivity index (χ2v) is 6.70. The summed E-state index contributed by atoms with van der Waals surface area (Å²) >= 11 is 0. The largest absolute Gasteiger partial charge is 0.392 e. The fourth-order valence-electron chi connectivity index (χ4n) is 3.30. The number of nitrogens with one attached hydrogen (secondary N) is 2. The molecule has 5 nitrogen and oxygen atoms in total. The van der Waals surface area contributed by atoms with E-state index in [9.17, 15) is 9.90 Å². The Morgan fingerprint density at radius 2 is 2.18 bits per heavy atom. The van der Waals surface area contributed by atoms with Crippen molar-refractivity contribution in [2.45, 2.75) is 51.9 Å². The van der Waals surface area contributed by atoms with Crippen LogP contribution in [0.3, 0.4) is 0 Å². The molecule has 3 N–H and O–H groups in total. The predicted octanol–water partition coefficient (Wildman–Crippen LogP) is 2.78. The lowest BCUT2D eigenvalue weighted by atomic mass is 9.73. The molecule has 0 bridgehead atoms. The molecule has 1 aromatic rings. The molecule has 1 aromatic carbocycles. The summed E-state index contributed by atoms with van der Waals surface area (Å²) in [7, 11) is 0. The number of hydrogen-bond acceptors (Lipinski definition) is 3. The van der Waals surface area contributed by atoms with Crippen LogP contribution in [0.1, 0.15) is 43.7 Å². The minimum absolute atomic E-state index is 0.221. The van der Waals surface area contributed by atoms with E-state index in [0.717, 1.165) is 36.9 Å². The van der Waals surface area contributed by atoms with Crippen LogP contribution >= 0.6 is 0 Å². The van der Waals surface area contributed by atoms with E-state index in [1.54, 1.807) is 0 Å². The summed E-state index contributed by atoms with van der Waals surface area (Å²) < 4.78 is 5.37. The topological polar surface area (TPSA) is 70.6 Å². The highest BCUT2D eigenvalue weighted by molar-refractivity contribution is 5.89. The predicted molar refractivity (Wildman–Crippen MR) is 84.5 cm³/mol. The van der Waals surface area contributed by atoms with Crippen LogP contribution in [-0.4, -0.2) is 23.8 Å². The number of carbonyl (C=O) groups is 1. The Kier molecular flexibility index (Phi) is 4.36. The standard InChI is InChI=1S/C17H24N2O3/c1-17(7-3-2-4-15(17)20)11-18-16(21)19-14-6-5-12-9-22-10-13(12)8-14/h5-6,8,15,20H,2-4,7,9-11H2,1H3,(H2,18,19,21). The maximum atomic E-state index is 12.1. The number of aliphatic hydroxyl groups excluding tert-OH is 1. The third kappa shape index (κ3) is 3.25. The monoisotopic (exact) mass is 304 g/mol. The van der Waals surface area contributed by atoms with Gasteiger partial charge < -0.3 is 20.5 Å². The summed E-state index contributed by atoms with van der Waals surface area (Å²) in [5, 5.41) is 15.9. The summed E-state index contributed by atoms with van der Waals surface area (Å²) in [5.41, 5.74) is 2.87. The summed E-state index contributed by atoms with van der Waals surface area (Å²) in [6, 6.07) is 5.62. The van der Waals surface area contributed by atoms with Gasteiger partial charge in [-0.05, 0) is 36.1 Å². The molecule has 1 fully saturated rings. The van der Waals surface area contributed by atoms with Gasteiger partial charge in [-0.25, -0.2) is 4.79 Å². The Morgan fingerprint density at radius 1 is 1.36 bits per heavy atom. The molecule has 5 heteroatoms. The van der Waals surface area contributed by atoms with Crippen LogP contribution in [0.4, 0.5) is 10.5 Å². The fraction of sp³-hybridized carbons (Fsp3) is 0.588. The highest BCUT2D eigenvalue weighted by Crippen LogP contribution is 2.35. The van der Waals surface area contributed by atoms with E-state index >= 15 is 0 Å². The molecule has 1 aliphatic carbocycles. The van der Waals surface area contributed by atoms with Crippen molar-refractivity contribution in [1.29, 1.82) is 0 Å². The van der Waals surface area contributed by atoms with Crippen LogP contribution in [0, 0.1) is 5.41 Å². The Hall–Kier alpha value is -1.59.